The fourth-order valence-electron chi connectivity index (χ4n) is 1.49. The van der Waals surface area contributed by atoms with E-state index in [4.69, 9.17) is 13.3 Å². The first-order valence-corrected chi connectivity index (χ1v) is 7.02. The highest BCUT2D eigenvalue weighted by molar-refractivity contribution is 6.36. The predicted octanol–water partition coefficient (Wildman–Crippen LogP) is 2.17. The van der Waals surface area contributed by atoms with E-state index in [9.17, 15) is 4.39 Å². The highest BCUT2D eigenvalue weighted by Gasteiger charge is 2.15. The second-order valence-electron chi connectivity index (χ2n) is 3.87. The minimum atomic E-state index is -1.94. The number of benzene rings is 1. The number of hydrogen-bond donors (Lipinski definition) is 0. The molecule has 0 aliphatic carbocycles. The van der Waals surface area contributed by atoms with Crippen LogP contribution < -0.4 is 0 Å². The van der Waals surface area contributed by atoms with Gasteiger partial charge in [0.25, 0.3) is 0 Å². The molecule has 0 spiro atoms. The Morgan fingerprint density at radius 1 is 1.18 bits per heavy atom. The molecule has 96 valence electrons. The largest absolute Gasteiger partial charge is 0.483 e. The van der Waals surface area contributed by atoms with Gasteiger partial charge in [0.1, 0.15) is 5.82 Å². The molecule has 5 heteroatoms. The van der Waals surface area contributed by atoms with Crippen molar-refractivity contribution in [2.75, 3.05) is 14.2 Å². The van der Waals surface area contributed by atoms with E-state index in [1.165, 1.54) is 12.1 Å². The lowest BCUT2D eigenvalue weighted by molar-refractivity contribution is 0.0908. The predicted molar refractivity (Wildman–Crippen MR) is 66.4 cm³/mol. The van der Waals surface area contributed by atoms with Crippen LogP contribution in [0.15, 0.2) is 24.3 Å². The molecule has 3 nitrogen and oxygen atoms in total. The van der Waals surface area contributed by atoms with E-state index >= 15 is 0 Å². The molecule has 1 rings (SSSR count). The summed E-state index contributed by atoms with van der Waals surface area (Å²) in [5.41, 5.74) is 1.11. The van der Waals surface area contributed by atoms with Crippen LogP contribution in [0.3, 0.4) is 0 Å². The van der Waals surface area contributed by atoms with Crippen LogP contribution in [0.4, 0.5) is 4.39 Å². The summed E-state index contributed by atoms with van der Waals surface area (Å²) in [6.45, 7) is 1.99. The second kappa shape index (κ2) is 7.55. The second-order valence-corrected chi connectivity index (χ2v) is 5.66. The van der Waals surface area contributed by atoms with Crippen molar-refractivity contribution in [1.29, 1.82) is 0 Å². The molecule has 0 saturated heterocycles. The molecular formula is C12H19FO3Si. The van der Waals surface area contributed by atoms with Crippen molar-refractivity contribution in [2.45, 2.75) is 25.9 Å². The van der Waals surface area contributed by atoms with Crippen LogP contribution in [-0.2, 0) is 19.7 Å². The van der Waals surface area contributed by atoms with E-state index in [2.05, 4.69) is 0 Å². The molecule has 0 heterocycles. The molecule has 1 atom stereocenters. The van der Waals surface area contributed by atoms with Crippen LogP contribution >= 0.6 is 0 Å². The van der Waals surface area contributed by atoms with Crippen molar-refractivity contribution in [3.8, 4) is 0 Å². The van der Waals surface area contributed by atoms with Crippen LogP contribution in [0.25, 0.3) is 0 Å². The maximum absolute atomic E-state index is 12.7. The minimum absolute atomic E-state index is 0.0802. The first kappa shape index (κ1) is 14.3. The SMILES string of the molecule is CO[SiH](OC)OC(C)CCc1ccc(F)cc1. The molecule has 0 amide bonds. The summed E-state index contributed by atoms with van der Waals surface area (Å²) < 4.78 is 28.5. The summed E-state index contributed by atoms with van der Waals surface area (Å²) >= 11 is 0. The van der Waals surface area contributed by atoms with Gasteiger partial charge >= 0.3 is 9.53 Å². The smallest absolute Gasteiger partial charge is 0.379 e. The zero-order chi connectivity index (χ0) is 12.7. The Kier molecular flexibility index (Phi) is 6.35. The highest BCUT2D eigenvalue weighted by atomic mass is 28.3. The molecule has 0 N–H and O–H groups in total. The number of aryl methyl sites for hydroxylation is 1. The molecule has 1 aromatic rings. The van der Waals surface area contributed by atoms with E-state index in [1.54, 1.807) is 26.4 Å². The van der Waals surface area contributed by atoms with Crippen LogP contribution in [0, 0.1) is 5.82 Å². The maximum atomic E-state index is 12.7. The van der Waals surface area contributed by atoms with E-state index in [0.717, 1.165) is 18.4 Å². The molecule has 0 saturated carbocycles. The molecule has 0 aliphatic rings. The van der Waals surface area contributed by atoms with Gasteiger partial charge in [0.05, 0.1) is 0 Å². The van der Waals surface area contributed by atoms with Gasteiger partial charge in [-0.05, 0) is 37.5 Å². The standard InChI is InChI=1S/C12H19FO3Si/c1-10(16-17(14-2)15-3)4-5-11-6-8-12(13)9-7-11/h6-10,17H,4-5H2,1-3H3. The normalized spacial score (nSPS) is 13.0. The van der Waals surface area contributed by atoms with Gasteiger partial charge in [0.15, 0.2) is 0 Å². The minimum Gasteiger partial charge on any atom is -0.379 e. The van der Waals surface area contributed by atoms with Crippen molar-refractivity contribution in [2.24, 2.45) is 0 Å². The summed E-state index contributed by atoms with van der Waals surface area (Å²) in [5, 5.41) is 0. The van der Waals surface area contributed by atoms with Crippen molar-refractivity contribution < 1.29 is 17.7 Å². The topological polar surface area (TPSA) is 27.7 Å². The zero-order valence-corrected chi connectivity index (χ0v) is 11.6. The van der Waals surface area contributed by atoms with Gasteiger partial charge in [-0.1, -0.05) is 12.1 Å². The Morgan fingerprint density at radius 2 is 1.76 bits per heavy atom. The first-order valence-electron chi connectivity index (χ1n) is 5.61. The van der Waals surface area contributed by atoms with Crippen LogP contribution in [-0.4, -0.2) is 29.9 Å². The van der Waals surface area contributed by atoms with E-state index < -0.39 is 9.53 Å². The van der Waals surface area contributed by atoms with Crippen molar-refractivity contribution in [3.05, 3.63) is 35.6 Å². The Hall–Kier alpha value is -0.753. The van der Waals surface area contributed by atoms with Crippen molar-refractivity contribution in [1.82, 2.24) is 0 Å². The Labute approximate surface area is 103 Å². The summed E-state index contributed by atoms with van der Waals surface area (Å²) in [7, 11) is 1.24. The van der Waals surface area contributed by atoms with Gasteiger partial charge in [-0.15, -0.1) is 0 Å². The highest BCUT2D eigenvalue weighted by Crippen LogP contribution is 2.09. The molecule has 0 bridgehead atoms. The molecule has 0 aliphatic heterocycles. The Bertz CT molecular complexity index is 314. The van der Waals surface area contributed by atoms with Crippen molar-refractivity contribution in [3.63, 3.8) is 0 Å². The van der Waals surface area contributed by atoms with Gasteiger partial charge in [-0.25, -0.2) is 4.39 Å². The van der Waals surface area contributed by atoms with E-state index in [0.29, 0.717) is 0 Å². The number of hydrogen-bond acceptors (Lipinski definition) is 3. The average Bonchev–Trinajstić information content (AvgIpc) is 2.35. The van der Waals surface area contributed by atoms with Gasteiger partial charge in [0, 0.05) is 20.3 Å². The third kappa shape index (κ3) is 5.41. The van der Waals surface area contributed by atoms with Gasteiger partial charge < -0.3 is 13.3 Å². The molecule has 0 aromatic heterocycles. The van der Waals surface area contributed by atoms with Crippen LogP contribution in [0.5, 0.6) is 0 Å². The summed E-state index contributed by atoms with van der Waals surface area (Å²) in [5.74, 6) is -0.204. The third-order valence-corrected chi connectivity index (χ3v) is 3.94. The van der Waals surface area contributed by atoms with E-state index in [1.807, 2.05) is 6.92 Å². The lowest BCUT2D eigenvalue weighted by Gasteiger charge is -2.17. The first-order chi connectivity index (χ1) is 8.15. The summed E-state index contributed by atoms with van der Waals surface area (Å²) in [4.78, 5) is 0. The third-order valence-electron chi connectivity index (χ3n) is 2.48. The Morgan fingerprint density at radius 3 is 2.29 bits per heavy atom. The molecule has 0 radical (unpaired) electrons. The van der Waals surface area contributed by atoms with Gasteiger partial charge in [-0.2, -0.15) is 0 Å². The fourth-order valence-corrected chi connectivity index (χ4v) is 2.42. The molecular weight excluding hydrogens is 239 g/mol. The lowest BCUT2D eigenvalue weighted by Crippen LogP contribution is -2.28. The molecule has 17 heavy (non-hydrogen) atoms. The zero-order valence-electron chi connectivity index (χ0n) is 10.5. The molecule has 0 fully saturated rings. The molecule has 1 unspecified atom stereocenters. The maximum Gasteiger partial charge on any atom is 0.483 e. The number of rotatable bonds is 7. The van der Waals surface area contributed by atoms with Crippen LogP contribution in [0.2, 0.25) is 0 Å². The van der Waals surface area contributed by atoms with Gasteiger partial charge in [0.2, 0.25) is 0 Å². The molecule has 1 aromatic carbocycles. The monoisotopic (exact) mass is 258 g/mol. The van der Waals surface area contributed by atoms with Crippen molar-refractivity contribution >= 4 is 9.53 Å². The number of halogens is 1. The summed E-state index contributed by atoms with van der Waals surface area (Å²) in [6.07, 6.45) is 1.80. The van der Waals surface area contributed by atoms with Crippen LogP contribution in [0.1, 0.15) is 18.9 Å². The Balaban J connectivity index is 2.32. The average molecular weight is 258 g/mol. The van der Waals surface area contributed by atoms with E-state index in [-0.39, 0.29) is 11.9 Å². The lowest BCUT2D eigenvalue weighted by atomic mass is 10.1. The summed E-state index contributed by atoms with van der Waals surface area (Å²) in [6, 6.07) is 6.54. The fraction of sp³-hybridized carbons (Fsp3) is 0.500. The quantitative estimate of drug-likeness (QED) is 0.702. The van der Waals surface area contributed by atoms with Gasteiger partial charge in [-0.3, -0.25) is 0 Å².